The van der Waals surface area contributed by atoms with Crippen LogP contribution in [0.4, 0.5) is 0 Å². The van der Waals surface area contributed by atoms with Crippen molar-refractivity contribution in [3.63, 3.8) is 0 Å². The van der Waals surface area contributed by atoms with Crippen molar-refractivity contribution < 1.29 is 9.47 Å². The zero-order chi connectivity index (χ0) is 14.0. The van der Waals surface area contributed by atoms with Crippen molar-refractivity contribution in [1.29, 1.82) is 0 Å². The molecule has 0 amide bonds. The molecule has 1 aromatic carbocycles. The molecule has 1 unspecified atom stereocenters. The summed E-state index contributed by atoms with van der Waals surface area (Å²) < 4.78 is 11.6. The summed E-state index contributed by atoms with van der Waals surface area (Å²) in [6.45, 7) is 9.00. The lowest BCUT2D eigenvalue weighted by atomic mass is 9.89. The summed E-state index contributed by atoms with van der Waals surface area (Å²) in [5, 5.41) is 0. The van der Waals surface area contributed by atoms with Crippen LogP contribution in [0.3, 0.4) is 0 Å². The third-order valence-corrected chi connectivity index (χ3v) is 4.90. The maximum absolute atomic E-state index is 6.01. The molecular formula is C17H25NO2. The molecule has 2 heterocycles. The van der Waals surface area contributed by atoms with Gasteiger partial charge in [0.2, 0.25) is 0 Å². The van der Waals surface area contributed by atoms with Crippen LogP contribution >= 0.6 is 0 Å². The minimum Gasteiger partial charge on any atom is -0.376 e. The van der Waals surface area contributed by atoms with Crippen LogP contribution in [-0.4, -0.2) is 43.4 Å². The topological polar surface area (TPSA) is 21.7 Å². The van der Waals surface area contributed by atoms with E-state index in [0.29, 0.717) is 6.04 Å². The average Bonchev–Trinajstić information content (AvgIpc) is 2.49. The Bertz CT molecular complexity index is 444. The van der Waals surface area contributed by atoms with Gasteiger partial charge in [-0.2, -0.15) is 0 Å². The Morgan fingerprint density at radius 2 is 1.90 bits per heavy atom. The number of likely N-dealkylation sites (tertiary alicyclic amines) is 1. The fraction of sp³-hybridized carbons (Fsp3) is 0.647. The summed E-state index contributed by atoms with van der Waals surface area (Å²) in [6, 6.07) is 9.20. The van der Waals surface area contributed by atoms with Crippen LogP contribution in [0, 0.1) is 6.92 Å². The molecule has 110 valence electrons. The number of piperidine rings is 1. The van der Waals surface area contributed by atoms with E-state index in [0.717, 1.165) is 45.8 Å². The number of hydrogen-bond acceptors (Lipinski definition) is 3. The molecule has 0 bridgehead atoms. The first-order chi connectivity index (χ1) is 9.70. The number of hydrogen-bond donors (Lipinski definition) is 0. The van der Waals surface area contributed by atoms with Gasteiger partial charge in [0.1, 0.15) is 0 Å². The predicted molar refractivity (Wildman–Crippen MR) is 79.9 cm³/mol. The lowest BCUT2D eigenvalue weighted by Crippen LogP contribution is -2.52. The van der Waals surface area contributed by atoms with Crippen LogP contribution in [0.1, 0.15) is 36.9 Å². The summed E-state index contributed by atoms with van der Waals surface area (Å²) >= 11 is 0. The van der Waals surface area contributed by atoms with E-state index < -0.39 is 0 Å². The summed E-state index contributed by atoms with van der Waals surface area (Å²) in [5.41, 5.74) is 2.84. The van der Waals surface area contributed by atoms with Crippen molar-refractivity contribution >= 4 is 0 Å². The van der Waals surface area contributed by atoms with Gasteiger partial charge < -0.3 is 9.47 Å². The van der Waals surface area contributed by atoms with Gasteiger partial charge in [-0.05, 0) is 37.8 Å². The third-order valence-electron chi connectivity index (χ3n) is 4.90. The highest BCUT2D eigenvalue weighted by atomic mass is 16.6. The van der Waals surface area contributed by atoms with E-state index >= 15 is 0 Å². The van der Waals surface area contributed by atoms with Gasteiger partial charge in [-0.3, -0.25) is 4.90 Å². The Labute approximate surface area is 121 Å². The second-order valence-electron chi connectivity index (χ2n) is 6.15. The fourth-order valence-electron chi connectivity index (χ4n) is 3.48. The number of aryl methyl sites for hydroxylation is 1. The molecule has 1 atom stereocenters. The summed E-state index contributed by atoms with van der Waals surface area (Å²) in [5.74, 6) is 0. The van der Waals surface area contributed by atoms with Crippen molar-refractivity contribution in [2.75, 3.05) is 32.9 Å². The zero-order valence-electron chi connectivity index (χ0n) is 12.6. The van der Waals surface area contributed by atoms with Gasteiger partial charge in [-0.25, -0.2) is 0 Å². The standard InChI is InChI=1S/C17H25NO2/c1-14-5-3-4-6-16(14)15(2)18-9-7-17(8-10-18)13-19-11-12-20-17/h3-6,15H,7-13H2,1-2H3. The van der Waals surface area contributed by atoms with E-state index in [1.54, 1.807) is 0 Å². The quantitative estimate of drug-likeness (QED) is 0.828. The van der Waals surface area contributed by atoms with Crippen LogP contribution in [0.15, 0.2) is 24.3 Å². The van der Waals surface area contributed by atoms with Gasteiger partial charge in [0, 0.05) is 19.1 Å². The van der Waals surface area contributed by atoms with E-state index in [2.05, 4.69) is 43.0 Å². The molecule has 0 radical (unpaired) electrons. The Balaban J connectivity index is 1.64. The Hall–Kier alpha value is -0.900. The highest BCUT2D eigenvalue weighted by molar-refractivity contribution is 5.28. The van der Waals surface area contributed by atoms with Gasteiger partial charge in [-0.1, -0.05) is 24.3 Å². The molecule has 3 heteroatoms. The summed E-state index contributed by atoms with van der Waals surface area (Å²) in [7, 11) is 0. The Morgan fingerprint density at radius 1 is 1.15 bits per heavy atom. The van der Waals surface area contributed by atoms with E-state index in [-0.39, 0.29) is 5.60 Å². The largest absolute Gasteiger partial charge is 0.376 e. The molecule has 2 saturated heterocycles. The lowest BCUT2D eigenvalue weighted by Gasteiger charge is -2.45. The first-order valence-electron chi connectivity index (χ1n) is 7.71. The van der Waals surface area contributed by atoms with E-state index in [1.165, 1.54) is 11.1 Å². The molecule has 1 aromatic rings. The van der Waals surface area contributed by atoms with Crippen molar-refractivity contribution in [3.8, 4) is 0 Å². The molecule has 0 N–H and O–H groups in total. The first kappa shape index (κ1) is 14.1. The van der Waals surface area contributed by atoms with Crippen LogP contribution < -0.4 is 0 Å². The predicted octanol–water partition coefficient (Wildman–Crippen LogP) is 2.94. The number of ether oxygens (including phenoxy) is 2. The van der Waals surface area contributed by atoms with Gasteiger partial charge in [-0.15, -0.1) is 0 Å². The van der Waals surface area contributed by atoms with E-state index in [4.69, 9.17) is 9.47 Å². The Morgan fingerprint density at radius 3 is 2.55 bits per heavy atom. The maximum atomic E-state index is 6.01. The van der Waals surface area contributed by atoms with E-state index in [1.807, 2.05) is 0 Å². The van der Waals surface area contributed by atoms with E-state index in [9.17, 15) is 0 Å². The molecule has 1 spiro atoms. The monoisotopic (exact) mass is 275 g/mol. The zero-order valence-corrected chi connectivity index (χ0v) is 12.6. The molecule has 0 saturated carbocycles. The van der Waals surface area contributed by atoms with Crippen molar-refractivity contribution in [2.24, 2.45) is 0 Å². The molecule has 2 fully saturated rings. The van der Waals surface area contributed by atoms with Gasteiger partial charge in [0.15, 0.2) is 0 Å². The van der Waals surface area contributed by atoms with Crippen molar-refractivity contribution in [1.82, 2.24) is 4.90 Å². The average molecular weight is 275 g/mol. The highest BCUT2D eigenvalue weighted by Crippen LogP contribution is 2.33. The van der Waals surface area contributed by atoms with Crippen molar-refractivity contribution in [3.05, 3.63) is 35.4 Å². The second-order valence-corrected chi connectivity index (χ2v) is 6.15. The minimum absolute atomic E-state index is 0.000201. The highest BCUT2D eigenvalue weighted by Gasteiger charge is 2.38. The minimum atomic E-state index is 0.000201. The fourth-order valence-corrected chi connectivity index (χ4v) is 3.48. The van der Waals surface area contributed by atoms with Crippen molar-refractivity contribution in [2.45, 2.75) is 38.3 Å². The smallest absolute Gasteiger partial charge is 0.0940 e. The molecule has 0 aliphatic carbocycles. The van der Waals surface area contributed by atoms with Crippen LogP contribution in [0.25, 0.3) is 0 Å². The van der Waals surface area contributed by atoms with Crippen LogP contribution in [0.2, 0.25) is 0 Å². The normalized spacial score (nSPS) is 24.7. The van der Waals surface area contributed by atoms with Crippen LogP contribution in [-0.2, 0) is 9.47 Å². The van der Waals surface area contributed by atoms with Gasteiger partial charge in [0.05, 0.1) is 25.4 Å². The molecule has 3 nitrogen and oxygen atoms in total. The Kier molecular flexibility index (Phi) is 4.11. The van der Waals surface area contributed by atoms with Gasteiger partial charge >= 0.3 is 0 Å². The number of rotatable bonds is 2. The number of nitrogens with zero attached hydrogens (tertiary/aromatic N) is 1. The summed E-state index contributed by atoms with van der Waals surface area (Å²) in [4.78, 5) is 2.57. The summed E-state index contributed by atoms with van der Waals surface area (Å²) in [6.07, 6.45) is 2.17. The maximum Gasteiger partial charge on any atom is 0.0940 e. The first-order valence-corrected chi connectivity index (χ1v) is 7.71. The SMILES string of the molecule is Cc1ccccc1C(C)N1CCC2(CC1)COCCO2. The van der Waals surface area contributed by atoms with Gasteiger partial charge in [0.25, 0.3) is 0 Å². The molecule has 0 aromatic heterocycles. The molecule has 2 aliphatic rings. The second kappa shape index (κ2) is 5.84. The van der Waals surface area contributed by atoms with Crippen LogP contribution in [0.5, 0.6) is 0 Å². The molecule has 3 rings (SSSR count). The lowest BCUT2D eigenvalue weighted by molar-refractivity contribution is -0.178. The number of benzene rings is 1. The third kappa shape index (κ3) is 2.76. The molecule has 2 aliphatic heterocycles. The molecular weight excluding hydrogens is 250 g/mol. The molecule has 20 heavy (non-hydrogen) atoms.